The SMILES string of the molecule is Cc1cc(C(=O)COC(=O)CN2C(=O)C3CCCCC3C2=O)c(C)n1-c1ccc(Cl)c(Cl)c1. The van der Waals surface area contributed by atoms with Crippen LogP contribution in [0.15, 0.2) is 24.3 Å². The van der Waals surface area contributed by atoms with Gasteiger partial charge in [0.05, 0.1) is 21.9 Å². The number of hydrogen-bond acceptors (Lipinski definition) is 5. The van der Waals surface area contributed by atoms with Gasteiger partial charge in [-0.05, 0) is 51.0 Å². The summed E-state index contributed by atoms with van der Waals surface area (Å²) >= 11 is 12.1. The molecule has 0 bridgehead atoms. The second kappa shape index (κ2) is 9.31. The fourth-order valence-electron chi connectivity index (χ4n) is 4.85. The molecule has 2 heterocycles. The van der Waals surface area contributed by atoms with Gasteiger partial charge in [-0.3, -0.25) is 24.1 Å². The summed E-state index contributed by atoms with van der Waals surface area (Å²) in [4.78, 5) is 51.1. The normalized spacial score (nSPS) is 20.2. The summed E-state index contributed by atoms with van der Waals surface area (Å²) in [6.07, 6.45) is 3.17. The number of imide groups is 1. The van der Waals surface area contributed by atoms with E-state index >= 15 is 0 Å². The molecule has 4 rings (SSSR count). The van der Waals surface area contributed by atoms with E-state index < -0.39 is 19.1 Å². The van der Waals surface area contributed by atoms with E-state index in [1.807, 2.05) is 11.5 Å². The average Bonchev–Trinajstić information content (AvgIpc) is 3.22. The van der Waals surface area contributed by atoms with Crippen molar-refractivity contribution in [1.82, 2.24) is 9.47 Å². The molecule has 2 aromatic rings. The maximum absolute atomic E-state index is 12.8. The van der Waals surface area contributed by atoms with Crippen LogP contribution in [0.25, 0.3) is 5.69 Å². The molecule has 7 nitrogen and oxygen atoms in total. The minimum absolute atomic E-state index is 0.307. The van der Waals surface area contributed by atoms with Crippen LogP contribution in [-0.4, -0.2) is 46.2 Å². The minimum Gasteiger partial charge on any atom is -0.456 e. The van der Waals surface area contributed by atoms with Gasteiger partial charge in [-0.2, -0.15) is 0 Å². The van der Waals surface area contributed by atoms with Crippen LogP contribution in [0.5, 0.6) is 0 Å². The van der Waals surface area contributed by atoms with Gasteiger partial charge < -0.3 is 9.30 Å². The minimum atomic E-state index is -0.776. The van der Waals surface area contributed by atoms with Crippen LogP contribution >= 0.6 is 23.2 Å². The smallest absolute Gasteiger partial charge is 0.326 e. The summed E-state index contributed by atoms with van der Waals surface area (Å²) in [6.45, 7) is 2.70. The van der Waals surface area contributed by atoms with Gasteiger partial charge in [-0.1, -0.05) is 36.0 Å². The molecule has 2 fully saturated rings. The first-order valence-electron chi connectivity index (χ1n) is 10.9. The fraction of sp³-hybridized carbons (Fsp3) is 0.417. The number of nitrogens with zero attached hydrogens (tertiary/aromatic N) is 2. The molecule has 1 aromatic heterocycles. The van der Waals surface area contributed by atoms with Gasteiger partial charge in [-0.25, -0.2) is 0 Å². The Bertz CT molecular complexity index is 1130. The van der Waals surface area contributed by atoms with Crippen LogP contribution < -0.4 is 0 Å². The molecular formula is C24H24Cl2N2O5. The van der Waals surface area contributed by atoms with Gasteiger partial charge in [-0.15, -0.1) is 0 Å². The summed E-state index contributed by atoms with van der Waals surface area (Å²) in [5.41, 5.74) is 2.63. The highest BCUT2D eigenvalue weighted by Crippen LogP contribution is 2.37. The number of esters is 1. The molecule has 2 aliphatic rings. The monoisotopic (exact) mass is 490 g/mol. The molecule has 1 aliphatic heterocycles. The molecular weight excluding hydrogens is 467 g/mol. The molecule has 33 heavy (non-hydrogen) atoms. The van der Waals surface area contributed by atoms with E-state index in [2.05, 4.69) is 0 Å². The zero-order chi connectivity index (χ0) is 23.9. The molecule has 1 aromatic carbocycles. The van der Waals surface area contributed by atoms with Crippen molar-refractivity contribution in [1.29, 1.82) is 0 Å². The summed E-state index contributed by atoms with van der Waals surface area (Å²) in [6, 6.07) is 6.90. The van der Waals surface area contributed by atoms with Crippen molar-refractivity contribution in [2.75, 3.05) is 13.2 Å². The van der Waals surface area contributed by atoms with Crippen molar-refractivity contribution < 1.29 is 23.9 Å². The fourth-order valence-corrected chi connectivity index (χ4v) is 5.14. The number of Topliss-reactive ketones (excluding diaryl/α,β-unsaturated/α-hetero) is 1. The number of aryl methyl sites for hydroxylation is 1. The van der Waals surface area contributed by atoms with Crippen LogP contribution in [0.4, 0.5) is 0 Å². The highest BCUT2D eigenvalue weighted by Gasteiger charge is 2.48. The van der Waals surface area contributed by atoms with Gasteiger partial charge in [0.1, 0.15) is 6.54 Å². The Morgan fingerprint density at radius 2 is 1.64 bits per heavy atom. The summed E-state index contributed by atoms with van der Waals surface area (Å²) in [7, 11) is 0. The number of amides is 2. The molecule has 2 unspecified atom stereocenters. The zero-order valence-electron chi connectivity index (χ0n) is 18.4. The van der Waals surface area contributed by atoms with Crippen molar-refractivity contribution in [3.63, 3.8) is 0 Å². The first-order chi connectivity index (χ1) is 15.7. The Labute approximate surface area is 201 Å². The van der Waals surface area contributed by atoms with Gasteiger partial charge in [0.2, 0.25) is 17.6 Å². The maximum Gasteiger partial charge on any atom is 0.326 e. The molecule has 2 atom stereocenters. The molecule has 9 heteroatoms. The van der Waals surface area contributed by atoms with E-state index in [-0.39, 0.29) is 29.4 Å². The lowest BCUT2D eigenvalue weighted by molar-refractivity contribution is -0.152. The Balaban J connectivity index is 1.41. The third kappa shape index (κ3) is 4.44. The average molecular weight is 491 g/mol. The number of rotatable bonds is 6. The Hall–Kier alpha value is -2.64. The van der Waals surface area contributed by atoms with Crippen molar-refractivity contribution >= 4 is 46.8 Å². The van der Waals surface area contributed by atoms with E-state index in [4.69, 9.17) is 27.9 Å². The number of aromatic nitrogens is 1. The van der Waals surface area contributed by atoms with Crippen molar-refractivity contribution in [2.24, 2.45) is 11.8 Å². The molecule has 174 valence electrons. The number of ketones is 1. The molecule has 1 aliphatic carbocycles. The first kappa shape index (κ1) is 23.5. The van der Waals surface area contributed by atoms with E-state index in [1.54, 1.807) is 31.2 Å². The standard InChI is InChI=1S/C24H24Cl2N2O5/c1-13-9-18(14(2)28(13)15-7-8-19(25)20(26)10-15)21(29)12-33-22(30)11-27-23(31)16-5-3-4-6-17(16)24(27)32/h7-10,16-17H,3-6,11-12H2,1-2H3. The second-order valence-electron chi connectivity index (χ2n) is 8.56. The molecule has 2 amide bonds. The van der Waals surface area contributed by atoms with Gasteiger partial charge in [0.15, 0.2) is 6.61 Å². The summed E-state index contributed by atoms with van der Waals surface area (Å²) in [5, 5.41) is 0.828. The van der Waals surface area contributed by atoms with Crippen molar-refractivity contribution in [3.8, 4) is 5.69 Å². The van der Waals surface area contributed by atoms with E-state index in [0.717, 1.165) is 29.1 Å². The molecule has 1 saturated carbocycles. The number of benzene rings is 1. The highest BCUT2D eigenvalue weighted by molar-refractivity contribution is 6.42. The van der Waals surface area contributed by atoms with Gasteiger partial charge in [0, 0.05) is 22.6 Å². The quantitative estimate of drug-likeness (QED) is 0.342. The molecule has 0 N–H and O–H groups in total. The third-order valence-electron chi connectivity index (χ3n) is 6.48. The number of hydrogen-bond donors (Lipinski definition) is 0. The third-order valence-corrected chi connectivity index (χ3v) is 7.22. The number of ether oxygens (including phenoxy) is 1. The Morgan fingerprint density at radius 1 is 1.00 bits per heavy atom. The lowest BCUT2D eigenvalue weighted by Crippen LogP contribution is -2.37. The predicted molar refractivity (Wildman–Crippen MR) is 123 cm³/mol. The lowest BCUT2D eigenvalue weighted by atomic mass is 9.81. The Morgan fingerprint density at radius 3 is 2.24 bits per heavy atom. The topological polar surface area (TPSA) is 85.7 Å². The van der Waals surface area contributed by atoms with Crippen LogP contribution in [0.2, 0.25) is 10.0 Å². The number of carbonyl (C=O) groups excluding carboxylic acids is 4. The summed E-state index contributed by atoms with van der Waals surface area (Å²) < 4.78 is 6.99. The van der Waals surface area contributed by atoms with Crippen molar-refractivity contribution in [3.05, 3.63) is 51.3 Å². The molecule has 0 radical (unpaired) electrons. The zero-order valence-corrected chi connectivity index (χ0v) is 19.9. The first-order valence-corrected chi connectivity index (χ1v) is 11.6. The maximum atomic E-state index is 12.8. The van der Waals surface area contributed by atoms with Crippen LogP contribution in [-0.2, 0) is 19.1 Å². The largest absolute Gasteiger partial charge is 0.456 e. The summed E-state index contributed by atoms with van der Waals surface area (Å²) in [5.74, 6) is -2.42. The van der Waals surface area contributed by atoms with Crippen LogP contribution in [0.1, 0.15) is 47.4 Å². The number of carbonyl (C=O) groups is 4. The number of likely N-dealkylation sites (tertiary alicyclic amines) is 1. The number of halogens is 2. The van der Waals surface area contributed by atoms with Crippen LogP contribution in [0.3, 0.4) is 0 Å². The van der Waals surface area contributed by atoms with Gasteiger partial charge in [0.25, 0.3) is 0 Å². The van der Waals surface area contributed by atoms with Crippen molar-refractivity contribution in [2.45, 2.75) is 39.5 Å². The van der Waals surface area contributed by atoms with E-state index in [0.29, 0.717) is 34.1 Å². The molecule has 0 spiro atoms. The lowest BCUT2D eigenvalue weighted by Gasteiger charge is -2.19. The van der Waals surface area contributed by atoms with Gasteiger partial charge >= 0.3 is 5.97 Å². The van der Waals surface area contributed by atoms with E-state index in [9.17, 15) is 19.2 Å². The van der Waals surface area contributed by atoms with E-state index in [1.165, 1.54) is 0 Å². The molecule has 1 saturated heterocycles. The Kier molecular flexibility index (Phi) is 6.64. The van der Waals surface area contributed by atoms with Crippen LogP contribution in [0, 0.1) is 25.7 Å². The predicted octanol–water partition coefficient (Wildman–Crippen LogP) is 4.30. The number of fused-ring (bicyclic) bond motifs is 1. The second-order valence-corrected chi connectivity index (χ2v) is 9.38. The highest BCUT2D eigenvalue weighted by atomic mass is 35.5.